The summed E-state index contributed by atoms with van der Waals surface area (Å²) in [5.41, 5.74) is 3.34. The molecule has 0 aliphatic carbocycles. The Kier molecular flexibility index (Phi) is 5.89. The zero-order chi connectivity index (χ0) is 15.4. The lowest BCUT2D eigenvalue weighted by Gasteiger charge is -2.17. The summed E-state index contributed by atoms with van der Waals surface area (Å²) in [6.07, 6.45) is 2.92. The fraction of sp³-hybridized carbons (Fsp3) is 0.643. The third kappa shape index (κ3) is 3.70. The minimum absolute atomic E-state index is 0.237. The van der Waals surface area contributed by atoms with Crippen LogP contribution in [0.5, 0.6) is 0 Å². The summed E-state index contributed by atoms with van der Waals surface area (Å²) in [5.74, 6) is 0. The molecule has 0 aliphatic heterocycles. The van der Waals surface area contributed by atoms with E-state index in [1.165, 1.54) is 22.1 Å². The highest BCUT2D eigenvalue weighted by Gasteiger charge is 2.21. The molecule has 0 aliphatic rings. The molecule has 0 bridgehead atoms. The normalized spacial score (nSPS) is 12.8. The molecule has 1 atom stereocenters. The van der Waals surface area contributed by atoms with Gasteiger partial charge in [-0.3, -0.25) is 4.68 Å². The molecule has 0 radical (unpaired) electrons. The SMILES string of the molecule is CCCNC(Cc1c(Br)c(CC)nn1C)c1snnc1C. The van der Waals surface area contributed by atoms with Crippen LogP contribution in [0.1, 0.15) is 48.3 Å². The van der Waals surface area contributed by atoms with E-state index in [2.05, 4.69) is 49.8 Å². The minimum Gasteiger partial charge on any atom is -0.309 e. The molecule has 2 rings (SSSR count). The van der Waals surface area contributed by atoms with E-state index >= 15 is 0 Å². The summed E-state index contributed by atoms with van der Waals surface area (Å²) in [7, 11) is 2.01. The van der Waals surface area contributed by atoms with Crippen LogP contribution in [0.25, 0.3) is 0 Å². The molecule has 0 fully saturated rings. The summed E-state index contributed by atoms with van der Waals surface area (Å²) in [5, 5.41) is 12.3. The van der Waals surface area contributed by atoms with Gasteiger partial charge in [0.1, 0.15) is 0 Å². The van der Waals surface area contributed by atoms with E-state index in [0.29, 0.717) is 0 Å². The Balaban J connectivity index is 2.27. The van der Waals surface area contributed by atoms with Crippen LogP contribution < -0.4 is 5.32 Å². The monoisotopic (exact) mass is 371 g/mol. The van der Waals surface area contributed by atoms with Crippen molar-refractivity contribution in [2.24, 2.45) is 7.05 Å². The number of aryl methyl sites for hydroxylation is 3. The van der Waals surface area contributed by atoms with Gasteiger partial charge in [0.15, 0.2) is 0 Å². The van der Waals surface area contributed by atoms with Crippen molar-refractivity contribution in [1.82, 2.24) is 24.7 Å². The van der Waals surface area contributed by atoms with Crippen LogP contribution in [0.3, 0.4) is 0 Å². The van der Waals surface area contributed by atoms with E-state index < -0.39 is 0 Å². The number of rotatable bonds is 7. The maximum Gasteiger partial charge on any atom is 0.0772 e. The number of hydrogen-bond donors (Lipinski definition) is 1. The average molecular weight is 372 g/mol. The van der Waals surface area contributed by atoms with Crippen molar-refractivity contribution in [3.05, 3.63) is 26.4 Å². The Morgan fingerprint density at radius 3 is 2.67 bits per heavy atom. The quantitative estimate of drug-likeness (QED) is 0.811. The molecular formula is C14H22BrN5S. The van der Waals surface area contributed by atoms with Gasteiger partial charge in [-0.25, -0.2) is 0 Å². The van der Waals surface area contributed by atoms with E-state index in [0.717, 1.165) is 41.7 Å². The van der Waals surface area contributed by atoms with E-state index in [9.17, 15) is 0 Å². The lowest BCUT2D eigenvalue weighted by atomic mass is 10.1. The molecule has 2 aromatic rings. The van der Waals surface area contributed by atoms with Gasteiger partial charge in [0.25, 0.3) is 0 Å². The summed E-state index contributed by atoms with van der Waals surface area (Å²) in [6, 6.07) is 0.237. The van der Waals surface area contributed by atoms with Crippen LogP contribution in [0.4, 0.5) is 0 Å². The van der Waals surface area contributed by atoms with Gasteiger partial charge in [0.2, 0.25) is 0 Å². The third-order valence-corrected chi connectivity index (χ3v) is 5.40. The molecule has 21 heavy (non-hydrogen) atoms. The molecule has 5 nitrogen and oxygen atoms in total. The molecule has 1 unspecified atom stereocenters. The van der Waals surface area contributed by atoms with Crippen LogP contribution in [0.15, 0.2) is 4.47 Å². The maximum atomic E-state index is 4.58. The van der Waals surface area contributed by atoms with Gasteiger partial charge in [0, 0.05) is 13.5 Å². The van der Waals surface area contributed by atoms with E-state index in [-0.39, 0.29) is 6.04 Å². The molecule has 0 saturated heterocycles. The van der Waals surface area contributed by atoms with Crippen molar-refractivity contribution in [3.63, 3.8) is 0 Å². The molecule has 0 saturated carbocycles. The van der Waals surface area contributed by atoms with Gasteiger partial charge in [-0.05, 0) is 53.8 Å². The molecule has 1 N–H and O–H groups in total. The summed E-state index contributed by atoms with van der Waals surface area (Å²) < 4.78 is 7.19. The lowest BCUT2D eigenvalue weighted by Crippen LogP contribution is -2.25. The highest BCUT2D eigenvalue weighted by atomic mass is 79.9. The second kappa shape index (κ2) is 7.47. The van der Waals surface area contributed by atoms with E-state index in [1.807, 2.05) is 18.7 Å². The second-order valence-electron chi connectivity index (χ2n) is 5.12. The Hall–Kier alpha value is -0.790. The Morgan fingerprint density at radius 1 is 1.38 bits per heavy atom. The zero-order valence-corrected chi connectivity index (χ0v) is 15.4. The number of nitrogens with one attached hydrogen (secondary N) is 1. The Labute approximate surface area is 138 Å². The first-order chi connectivity index (χ1) is 10.1. The summed E-state index contributed by atoms with van der Waals surface area (Å²) in [6.45, 7) is 7.31. The number of nitrogens with zero attached hydrogens (tertiary/aromatic N) is 4. The van der Waals surface area contributed by atoms with Gasteiger partial charge in [-0.2, -0.15) is 5.10 Å². The molecule has 0 amide bonds. The number of aromatic nitrogens is 4. The molecule has 2 aromatic heterocycles. The molecule has 0 aromatic carbocycles. The smallest absolute Gasteiger partial charge is 0.0772 e. The van der Waals surface area contributed by atoms with Crippen molar-refractivity contribution >= 4 is 27.5 Å². The first kappa shape index (κ1) is 16.6. The van der Waals surface area contributed by atoms with E-state index in [4.69, 9.17) is 0 Å². The predicted molar refractivity (Wildman–Crippen MR) is 89.7 cm³/mol. The molecule has 116 valence electrons. The van der Waals surface area contributed by atoms with Crippen LogP contribution in [-0.2, 0) is 19.9 Å². The van der Waals surface area contributed by atoms with Crippen LogP contribution >= 0.6 is 27.5 Å². The Morgan fingerprint density at radius 2 is 2.14 bits per heavy atom. The van der Waals surface area contributed by atoms with Crippen LogP contribution in [0, 0.1) is 6.92 Å². The van der Waals surface area contributed by atoms with Crippen molar-refractivity contribution < 1.29 is 0 Å². The largest absolute Gasteiger partial charge is 0.309 e. The first-order valence-electron chi connectivity index (χ1n) is 7.30. The highest BCUT2D eigenvalue weighted by Crippen LogP contribution is 2.29. The standard InChI is InChI=1S/C14H22BrN5S/c1-5-7-16-11(14-9(3)17-19-21-14)8-12-13(15)10(6-2)18-20(12)4/h11,16H,5-8H2,1-4H3. The molecular weight excluding hydrogens is 350 g/mol. The number of hydrogen-bond acceptors (Lipinski definition) is 5. The van der Waals surface area contributed by atoms with Crippen LogP contribution in [0.2, 0.25) is 0 Å². The van der Waals surface area contributed by atoms with Gasteiger partial charge in [-0.15, -0.1) is 5.10 Å². The molecule has 0 spiro atoms. The lowest BCUT2D eigenvalue weighted by molar-refractivity contribution is 0.515. The number of halogens is 1. The van der Waals surface area contributed by atoms with Crippen molar-refractivity contribution in [2.75, 3.05) is 6.54 Å². The fourth-order valence-electron chi connectivity index (χ4n) is 2.37. The van der Waals surface area contributed by atoms with Gasteiger partial charge in [-0.1, -0.05) is 18.3 Å². The minimum atomic E-state index is 0.237. The van der Waals surface area contributed by atoms with Gasteiger partial charge < -0.3 is 5.32 Å². The van der Waals surface area contributed by atoms with Gasteiger partial charge in [0.05, 0.1) is 32.5 Å². The van der Waals surface area contributed by atoms with Crippen molar-refractivity contribution in [2.45, 2.75) is 46.1 Å². The third-order valence-electron chi connectivity index (χ3n) is 3.54. The second-order valence-corrected chi connectivity index (χ2v) is 6.70. The van der Waals surface area contributed by atoms with Gasteiger partial charge >= 0.3 is 0 Å². The molecule has 2 heterocycles. The van der Waals surface area contributed by atoms with Crippen molar-refractivity contribution in [3.8, 4) is 0 Å². The average Bonchev–Trinajstić information content (AvgIpc) is 3.00. The summed E-state index contributed by atoms with van der Waals surface area (Å²) in [4.78, 5) is 1.22. The topological polar surface area (TPSA) is 55.6 Å². The molecule has 7 heteroatoms. The Bertz CT molecular complexity index is 592. The maximum absolute atomic E-state index is 4.58. The summed E-state index contributed by atoms with van der Waals surface area (Å²) >= 11 is 5.18. The first-order valence-corrected chi connectivity index (χ1v) is 8.87. The highest BCUT2D eigenvalue weighted by molar-refractivity contribution is 9.10. The van der Waals surface area contributed by atoms with Crippen LogP contribution in [-0.4, -0.2) is 25.9 Å². The van der Waals surface area contributed by atoms with E-state index in [1.54, 1.807) is 0 Å². The zero-order valence-electron chi connectivity index (χ0n) is 13.0. The predicted octanol–water partition coefficient (Wildman–Crippen LogP) is 3.19. The van der Waals surface area contributed by atoms with Crippen molar-refractivity contribution in [1.29, 1.82) is 0 Å². The fourth-order valence-corrected chi connectivity index (χ4v) is 3.86.